The summed E-state index contributed by atoms with van der Waals surface area (Å²) in [7, 11) is 0. The fourth-order valence-corrected chi connectivity index (χ4v) is 31.5. The molecule has 4 saturated carbocycles. The second-order valence-corrected chi connectivity index (χ2v) is 48.7. The molecule has 3 aromatic carbocycles. The summed E-state index contributed by atoms with van der Waals surface area (Å²) in [5.74, 6) is 7.43. The van der Waals surface area contributed by atoms with Crippen LogP contribution in [0, 0.1) is 17.8 Å². The highest BCUT2D eigenvalue weighted by atomic mass is 32.1. The molecule has 22 nitrogen and oxygen atoms in total. The van der Waals surface area contributed by atoms with Crippen LogP contribution < -0.4 is 31.9 Å². The molecule has 11 aromatic heterocycles. The van der Waals surface area contributed by atoms with Gasteiger partial charge in [-0.2, -0.15) is 0 Å². The van der Waals surface area contributed by atoms with Crippen LogP contribution in [0.3, 0.4) is 0 Å². The maximum Gasteiger partial charge on any atom is 0.138 e. The van der Waals surface area contributed by atoms with Crippen LogP contribution in [0.4, 0.5) is 34.8 Å². The number of anilines is 6. The number of piperidine rings is 2. The molecule has 10 N–H and O–H groups in total. The van der Waals surface area contributed by atoms with E-state index in [0.717, 1.165) is 226 Å². The monoisotopic (exact) mass is 1980 g/mol. The molecule has 13 heterocycles. The average Bonchev–Trinajstić information content (AvgIpc) is 2.24. The Hall–Kier alpha value is -8.62. The van der Waals surface area contributed by atoms with E-state index >= 15 is 0 Å². The standard InChI is InChI=1S/C23H28N4S.C21H24N4S.2C17H23N3OS.C17H21NOS.C16H21N3OS/c1-16-7-8-19-20(13-16)28-23-21(19)22(24-15-25-23)26-18-9-11-27(12-10-18)14-17-5-3-2-4-6-17;1-2-5-15(6-3-1)13-25-11-9-16(10-12-25)24-20-19-17-7-4-8-18(17)26-21(19)23-14-22-20;1-10-2-7-14-13(8-10)15-16(18-9-19-17(15)22-14)20-11-3-5-12(21)6-4-11;1-10-5-6-14-13(7-10)15-16(18-9-19-17(15)22-14)20-11-3-2-4-12(21)8-11;19-12-9-7-11(8-10-12)18-14-4-2-6-16-17(14)13-3-1-5-15(13)20-16;20-11-7-5-10(6-8-11)19-15-14-12-3-1-2-4-13(12)21-16(14)18-9-17-15/h2-6,15-16,18H,7-14H2,1H3,(H,24,25,26);1-3,5-6,14,16H,4,7-13H2,(H,22,23,24);2*9-12,21H,2-8H2,1H3,(H,18,19,20);2,4,6,11-12,18-19H,1,3,5,7-10H2;9-11,20H,1-8H2,(H,17,18,19)/t;;10-,11?,12?;;;/m..1.../s1. The fraction of sp³-hybridized carbons (Fsp3) is 0.550. The summed E-state index contributed by atoms with van der Waals surface area (Å²) < 4.78 is 1.44. The van der Waals surface area contributed by atoms with Gasteiger partial charge in [0.25, 0.3) is 0 Å². The Balaban J connectivity index is 0.0000000996. The van der Waals surface area contributed by atoms with Crippen molar-refractivity contribution in [2.24, 2.45) is 17.8 Å². The molecule has 12 aliphatic rings. The number of aromatic nitrogens is 10. The number of aliphatic hydroxyl groups excluding tert-OH is 4. The van der Waals surface area contributed by atoms with Gasteiger partial charge in [0, 0.05) is 121 Å². The number of nitrogens with one attached hydrogen (secondary N) is 6. The SMILES string of the molecule is CC1CCc2c(sc3ncnc(NC4CCN(Cc5ccccc5)CC4)c23)C1.CC1CCc2sc3ncnc(NC4CCCC(O)C4)c3c2C1.C[C@@H]1CCc2sc3ncnc(NC4CCC(O)CC4)c3c2C1.OC1CCC(Nc2cccc3sc4c(c23)CCC4)CC1.OC1CCC(Nc2ncnc3sc4c(c23)CCCC4)CC1.c1ccc(CN2CCC(Nc3ncnc4sc5c(c34)CCC5)CC2)cc1. The van der Waals surface area contributed by atoms with Crippen molar-refractivity contribution in [3.63, 3.8) is 0 Å². The maximum atomic E-state index is 9.89. The number of nitrogens with zero attached hydrogens (tertiary/aromatic N) is 12. The van der Waals surface area contributed by atoms with E-state index in [0.29, 0.717) is 36.3 Å². The van der Waals surface area contributed by atoms with E-state index in [1.165, 1.54) is 241 Å². The second-order valence-electron chi connectivity index (χ2n) is 42.1. The highest BCUT2D eigenvalue weighted by molar-refractivity contribution is 7.21. The van der Waals surface area contributed by atoms with E-state index in [9.17, 15) is 20.4 Å². The lowest BCUT2D eigenvalue weighted by Gasteiger charge is -2.32. The van der Waals surface area contributed by atoms with E-state index in [2.05, 4.69) is 191 Å². The lowest BCUT2D eigenvalue weighted by Crippen LogP contribution is -2.38. The molecule has 4 unspecified atom stereocenters. The molecule has 0 spiro atoms. The third-order valence-electron chi connectivity index (χ3n) is 31.7. The van der Waals surface area contributed by atoms with E-state index in [-0.39, 0.29) is 24.4 Å². The zero-order chi connectivity index (χ0) is 94.2. The molecule has 28 heteroatoms. The molecule has 14 aromatic rings. The summed E-state index contributed by atoms with van der Waals surface area (Å²) >= 11 is 11.3. The van der Waals surface area contributed by atoms with Gasteiger partial charge in [0.15, 0.2) is 0 Å². The first-order valence-electron chi connectivity index (χ1n) is 52.8. The Labute approximate surface area is 842 Å². The summed E-state index contributed by atoms with van der Waals surface area (Å²) in [5.41, 5.74) is 13.2. The molecule has 5 atom stereocenters. The number of benzene rings is 3. The smallest absolute Gasteiger partial charge is 0.138 e. The summed E-state index contributed by atoms with van der Waals surface area (Å²) in [6.07, 6.45) is 51.8. The first-order valence-corrected chi connectivity index (χ1v) is 57.7. The van der Waals surface area contributed by atoms with Crippen LogP contribution >= 0.6 is 68.0 Å². The lowest BCUT2D eigenvalue weighted by atomic mass is 9.88. The first-order chi connectivity index (χ1) is 68.2. The van der Waals surface area contributed by atoms with Crippen LogP contribution in [-0.4, -0.2) is 167 Å². The second kappa shape index (κ2) is 45.1. The third kappa shape index (κ3) is 23.1. The zero-order valence-electron chi connectivity index (χ0n) is 81.3. The Morgan fingerprint density at radius 3 is 1.06 bits per heavy atom. The summed E-state index contributed by atoms with van der Waals surface area (Å²) in [6, 6.07) is 31.0. The van der Waals surface area contributed by atoms with E-state index < -0.39 is 0 Å². The van der Waals surface area contributed by atoms with Crippen LogP contribution in [0.25, 0.3) is 61.2 Å². The van der Waals surface area contributed by atoms with Gasteiger partial charge >= 0.3 is 0 Å². The number of likely N-dealkylation sites (tertiary alicyclic amines) is 2. The van der Waals surface area contributed by atoms with Crippen LogP contribution in [-0.2, 0) is 90.1 Å². The van der Waals surface area contributed by atoms with Gasteiger partial charge in [-0.25, -0.2) is 49.8 Å². The first kappa shape index (κ1) is 96.5. The molecule has 2 saturated heterocycles. The van der Waals surface area contributed by atoms with Gasteiger partial charge in [-0.1, -0.05) is 87.5 Å². The van der Waals surface area contributed by atoms with Gasteiger partial charge < -0.3 is 52.3 Å². The van der Waals surface area contributed by atoms with Crippen LogP contribution in [0.5, 0.6) is 0 Å². The van der Waals surface area contributed by atoms with Gasteiger partial charge in [0.1, 0.15) is 84.9 Å². The topological polar surface area (TPSA) is 288 Å². The zero-order valence-corrected chi connectivity index (χ0v) is 86.2. The molecule has 2 aliphatic heterocycles. The van der Waals surface area contributed by atoms with Crippen molar-refractivity contribution in [2.75, 3.05) is 58.1 Å². The minimum absolute atomic E-state index is 0.0748. The van der Waals surface area contributed by atoms with Crippen molar-refractivity contribution in [1.82, 2.24) is 59.6 Å². The van der Waals surface area contributed by atoms with Crippen molar-refractivity contribution in [3.8, 4) is 0 Å². The predicted octanol–water partition coefficient (Wildman–Crippen LogP) is 23.6. The van der Waals surface area contributed by atoms with Crippen molar-refractivity contribution in [1.29, 1.82) is 0 Å². The predicted molar refractivity (Wildman–Crippen MR) is 577 cm³/mol. The minimum atomic E-state index is -0.167. The third-order valence-corrected chi connectivity index (χ3v) is 38.9. The van der Waals surface area contributed by atoms with Crippen molar-refractivity contribution < 1.29 is 20.4 Å². The van der Waals surface area contributed by atoms with Gasteiger partial charge in [-0.3, -0.25) is 9.80 Å². The maximum absolute atomic E-state index is 9.89. The normalized spacial score (nSPS) is 24.3. The molecule has 0 amide bonds. The largest absolute Gasteiger partial charge is 0.393 e. The van der Waals surface area contributed by atoms with Gasteiger partial charge in [0.05, 0.1) is 51.3 Å². The van der Waals surface area contributed by atoms with E-state index in [1.54, 1.807) is 42.1 Å². The highest BCUT2D eigenvalue weighted by Gasteiger charge is 2.34. The number of hydrogen-bond donors (Lipinski definition) is 10. The van der Waals surface area contributed by atoms with Crippen LogP contribution in [0.15, 0.2) is 110 Å². The van der Waals surface area contributed by atoms with Gasteiger partial charge in [0.2, 0.25) is 0 Å². The quantitative estimate of drug-likeness (QED) is 0.0430. The van der Waals surface area contributed by atoms with Crippen LogP contribution in [0.1, 0.15) is 268 Å². The Morgan fingerprint density at radius 2 is 0.619 bits per heavy atom. The summed E-state index contributed by atoms with van der Waals surface area (Å²) in [5, 5.41) is 68.9. The Kier molecular flexibility index (Phi) is 31.3. The number of rotatable bonds is 16. The Morgan fingerprint density at radius 1 is 0.273 bits per heavy atom. The van der Waals surface area contributed by atoms with Gasteiger partial charge in [-0.05, 0) is 325 Å². The Bertz CT molecular complexity index is 6460. The molecule has 6 fully saturated rings. The number of thiophene rings is 6. The minimum Gasteiger partial charge on any atom is -0.393 e. The van der Waals surface area contributed by atoms with Gasteiger partial charge in [-0.15, -0.1) is 68.0 Å². The molecule has 10 aliphatic carbocycles. The van der Waals surface area contributed by atoms with E-state index in [4.69, 9.17) is 0 Å². The summed E-state index contributed by atoms with van der Waals surface area (Å²) in [6.45, 7) is 13.7. The fourth-order valence-electron chi connectivity index (χ4n) is 24.0. The highest BCUT2D eigenvalue weighted by Crippen LogP contribution is 2.48. The van der Waals surface area contributed by atoms with Crippen molar-refractivity contribution in [2.45, 2.75) is 345 Å². The van der Waals surface area contributed by atoms with Crippen molar-refractivity contribution in [3.05, 3.63) is 184 Å². The summed E-state index contributed by atoms with van der Waals surface area (Å²) in [4.78, 5) is 65.5. The molecule has 0 bridgehead atoms. The van der Waals surface area contributed by atoms with Crippen LogP contribution in [0.2, 0.25) is 0 Å². The number of hydrogen-bond acceptors (Lipinski definition) is 28. The lowest BCUT2D eigenvalue weighted by molar-refractivity contribution is 0.124. The number of aryl methyl sites for hydroxylation is 9. The number of fused-ring (bicyclic) bond motifs is 18. The molecule has 26 rings (SSSR count). The molecule has 0 radical (unpaired) electrons. The van der Waals surface area contributed by atoms with Crippen molar-refractivity contribution >= 4 is 164 Å². The van der Waals surface area contributed by atoms with E-state index in [1.807, 2.05) is 68.0 Å². The number of aliphatic hydroxyl groups is 4. The average molecular weight is 1980 g/mol. The molecular formula is C111H140N18O4S6. The molecule has 139 heavy (non-hydrogen) atoms. The molecule has 734 valence electrons. The molecular weight excluding hydrogens is 1840 g/mol.